The summed E-state index contributed by atoms with van der Waals surface area (Å²) in [4.78, 5) is 2.29. The molecule has 0 aromatic heterocycles. The Morgan fingerprint density at radius 1 is 0.933 bits per heavy atom. The van der Waals surface area contributed by atoms with Gasteiger partial charge in [0.05, 0.1) is 0 Å². The van der Waals surface area contributed by atoms with Gasteiger partial charge in [0.2, 0.25) is 0 Å². The molecule has 2 N–H and O–H groups in total. The summed E-state index contributed by atoms with van der Waals surface area (Å²) < 4.78 is 0. The number of rotatable bonds is 2. The van der Waals surface area contributed by atoms with Crippen molar-refractivity contribution >= 4 is 29.1 Å². The van der Waals surface area contributed by atoms with Crippen LogP contribution in [0.5, 0.6) is 0 Å². The van der Waals surface area contributed by atoms with E-state index in [4.69, 9.17) is 17.3 Å². The Morgan fingerprint density at radius 2 is 1.67 bits per heavy atom. The topological polar surface area (TPSA) is 26.0 Å². The largest absolute Gasteiger partial charge is 0.399 e. The van der Waals surface area contributed by atoms with E-state index in [0.29, 0.717) is 0 Å². The molecule has 3 heteroatoms. The summed E-state index contributed by atoms with van der Waals surface area (Å²) in [5.74, 6) is 0. The second-order valence-electron chi connectivity index (χ2n) is 3.13. The Labute approximate surface area is 98.3 Å². The second kappa shape index (κ2) is 4.60. The van der Waals surface area contributed by atoms with Crippen molar-refractivity contribution in [3.8, 4) is 0 Å². The molecule has 0 aliphatic rings. The van der Waals surface area contributed by atoms with Crippen LogP contribution in [0.2, 0.25) is 5.02 Å². The van der Waals surface area contributed by atoms with E-state index in [-0.39, 0.29) is 0 Å². The number of nitrogens with two attached hydrogens (primary N) is 1. The van der Waals surface area contributed by atoms with Crippen molar-refractivity contribution in [2.75, 3.05) is 5.73 Å². The van der Waals surface area contributed by atoms with E-state index in [1.807, 2.05) is 48.5 Å². The first kappa shape index (κ1) is 10.4. The van der Waals surface area contributed by atoms with Crippen LogP contribution in [0.3, 0.4) is 0 Å². The van der Waals surface area contributed by atoms with Gasteiger partial charge in [-0.25, -0.2) is 0 Å². The van der Waals surface area contributed by atoms with Gasteiger partial charge in [-0.3, -0.25) is 0 Å². The third kappa shape index (κ3) is 2.91. The van der Waals surface area contributed by atoms with Crippen molar-refractivity contribution in [1.29, 1.82) is 0 Å². The molecule has 0 radical (unpaired) electrons. The van der Waals surface area contributed by atoms with Crippen molar-refractivity contribution in [3.63, 3.8) is 0 Å². The normalized spacial score (nSPS) is 10.2. The number of anilines is 1. The minimum absolute atomic E-state index is 0.760. The van der Waals surface area contributed by atoms with Gasteiger partial charge in [0.25, 0.3) is 0 Å². The molecular weight excluding hydrogens is 226 g/mol. The van der Waals surface area contributed by atoms with E-state index in [1.54, 1.807) is 11.8 Å². The maximum atomic E-state index is 5.90. The fourth-order valence-electron chi connectivity index (χ4n) is 1.20. The van der Waals surface area contributed by atoms with E-state index >= 15 is 0 Å². The van der Waals surface area contributed by atoms with Gasteiger partial charge in [0.15, 0.2) is 0 Å². The zero-order valence-corrected chi connectivity index (χ0v) is 9.55. The molecule has 0 bridgehead atoms. The minimum atomic E-state index is 0.760. The van der Waals surface area contributed by atoms with E-state index in [0.717, 1.165) is 20.5 Å². The van der Waals surface area contributed by atoms with Crippen LogP contribution in [0.4, 0.5) is 5.69 Å². The van der Waals surface area contributed by atoms with Crippen LogP contribution < -0.4 is 5.73 Å². The summed E-state index contributed by atoms with van der Waals surface area (Å²) in [6.07, 6.45) is 0. The number of hydrogen-bond acceptors (Lipinski definition) is 2. The molecule has 15 heavy (non-hydrogen) atoms. The third-order valence-electron chi connectivity index (χ3n) is 1.91. The average Bonchev–Trinajstić information content (AvgIpc) is 2.22. The number of nitrogen functional groups attached to an aromatic ring is 1. The highest BCUT2D eigenvalue weighted by atomic mass is 35.5. The molecular formula is C12H10ClNS. The van der Waals surface area contributed by atoms with Crippen molar-refractivity contribution in [2.45, 2.75) is 9.79 Å². The van der Waals surface area contributed by atoms with Crippen LogP contribution in [0.15, 0.2) is 58.3 Å². The molecule has 0 spiro atoms. The predicted octanol–water partition coefficient (Wildman–Crippen LogP) is 4.07. The molecule has 0 amide bonds. The zero-order valence-electron chi connectivity index (χ0n) is 7.98. The molecule has 76 valence electrons. The van der Waals surface area contributed by atoms with Gasteiger partial charge in [0, 0.05) is 20.5 Å². The van der Waals surface area contributed by atoms with Gasteiger partial charge < -0.3 is 5.73 Å². The van der Waals surface area contributed by atoms with Crippen LogP contribution in [-0.4, -0.2) is 0 Å². The highest BCUT2D eigenvalue weighted by Gasteiger charge is 1.97. The first-order valence-electron chi connectivity index (χ1n) is 4.53. The van der Waals surface area contributed by atoms with Gasteiger partial charge in [0.1, 0.15) is 0 Å². The van der Waals surface area contributed by atoms with E-state index in [9.17, 15) is 0 Å². The van der Waals surface area contributed by atoms with Gasteiger partial charge >= 0.3 is 0 Å². The Morgan fingerprint density at radius 3 is 2.33 bits per heavy atom. The molecule has 0 heterocycles. The van der Waals surface area contributed by atoms with Crippen molar-refractivity contribution < 1.29 is 0 Å². The van der Waals surface area contributed by atoms with Gasteiger partial charge in [-0.2, -0.15) is 0 Å². The predicted molar refractivity (Wildman–Crippen MR) is 66.4 cm³/mol. The molecule has 0 atom stereocenters. The summed E-state index contributed by atoms with van der Waals surface area (Å²) in [6, 6.07) is 15.6. The SMILES string of the molecule is Nc1ccc(Sc2cccc(Cl)c2)cc1. The lowest BCUT2D eigenvalue weighted by Gasteiger charge is -2.02. The molecule has 0 saturated heterocycles. The van der Waals surface area contributed by atoms with E-state index < -0.39 is 0 Å². The highest BCUT2D eigenvalue weighted by Crippen LogP contribution is 2.29. The smallest absolute Gasteiger partial charge is 0.0417 e. The summed E-state index contributed by atoms with van der Waals surface area (Å²) in [5, 5.41) is 0.760. The number of halogens is 1. The molecule has 2 rings (SSSR count). The Bertz CT molecular complexity index is 453. The lowest BCUT2D eigenvalue weighted by Crippen LogP contribution is -1.82. The highest BCUT2D eigenvalue weighted by molar-refractivity contribution is 7.99. The standard InChI is InChI=1S/C12H10ClNS/c13-9-2-1-3-12(8-9)15-11-6-4-10(14)5-7-11/h1-8H,14H2. The first-order chi connectivity index (χ1) is 7.24. The summed E-state index contributed by atoms with van der Waals surface area (Å²) in [7, 11) is 0. The quantitative estimate of drug-likeness (QED) is 0.794. The lowest BCUT2D eigenvalue weighted by atomic mass is 10.3. The maximum absolute atomic E-state index is 5.90. The van der Waals surface area contributed by atoms with Crippen LogP contribution in [-0.2, 0) is 0 Å². The Hall–Kier alpha value is -1.12. The van der Waals surface area contributed by atoms with Gasteiger partial charge in [-0.1, -0.05) is 29.4 Å². The Balaban J connectivity index is 2.18. The molecule has 0 saturated carbocycles. The third-order valence-corrected chi connectivity index (χ3v) is 3.14. The van der Waals surface area contributed by atoms with Crippen LogP contribution >= 0.6 is 23.4 Å². The second-order valence-corrected chi connectivity index (χ2v) is 4.71. The minimum Gasteiger partial charge on any atom is -0.399 e. The van der Waals surface area contributed by atoms with Crippen molar-refractivity contribution in [1.82, 2.24) is 0 Å². The molecule has 1 nitrogen and oxygen atoms in total. The number of benzene rings is 2. The lowest BCUT2D eigenvalue weighted by molar-refractivity contribution is 1.41. The molecule has 0 aliphatic heterocycles. The fourth-order valence-corrected chi connectivity index (χ4v) is 2.33. The monoisotopic (exact) mass is 235 g/mol. The molecule has 0 fully saturated rings. The first-order valence-corrected chi connectivity index (χ1v) is 5.72. The van der Waals surface area contributed by atoms with E-state index in [1.165, 1.54) is 0 Å². The summed E-state index contributed by atoms with van der Waals surface area (Å²) in [5.41, 5.74) is 6.40. The molecule has 0 unspecified atom stereocenters. The van der Waals surface area contributed by atoms with Crippen LogP contribution in [0.1, 0.15) is 0 Å². The van der Waals surface area contributed by atoms with Crippen LogP contribution in [0.25, 0.3) is 0 Å². The fraction of sp³-hybridized carbons (Fsp3) is 0. The zero-order chi connectivity index (χ0) is 10.7. The number of hydrogen-bond donors (Lipinski definition) is 1. The maximum Gasteiger partial charge on any atom is 0.0417 e. The van der Waals surface area contributed by atoms with Crippen molar-refractivity contribution in [3.05, 3.63) is 53.6 Å². The summed E-state index contributed by atoms with van der Waals surface area (Å²) >= 11 is 7.57. The summed E-state index contributed by atoms with van der Waals surface area (Å²) in [6.45, 7) is 0. The van der Waals surface area contributed by atoms with Gasteiger partial charge in [-0.15, -0.1) is 0 Å². The van der Waals surface area contributed by atoms with Crippen molar-refractivity contribution in [2.24, 2.45) is 0 Å². The molecule has 2 aromatic rings. The van der Waals surface area contributed by atoms with Crippen LogP contribution in [0, 0.1) is 0 Å². The van der Waals surface area contributed by atoms with E-state index in [2.05, 4.69) is 0 Å². The van der Waals surface area contributed by atoms with Gasteiger partial charge in [-0.05, 0) is 42.5 Å². The molecule has 0 aliphatic carbocycles. The Kier molecular flexibility index (Phi) is 3.19. The molecule has 2 aromatic carbocycles. The average molecular weight is 236 g/mol.